The Kier molecular flexibility index (Phi) is 4.88. The van der Waals surface area contributed by atoms with E-state index in [1.807, 2.05) is 6.92 Å². The van der Waals surface area contributed by atoms with Crippen molar-refractivity contribution < 1.29 is 18.0 Å². The van der Waals surface area contributed by atoms with Crippen molar-refractivity contribution in [2.75, 3.05) is 13.1 Å². The van der Waals surface area contributed by atoms with Crippen molar-refractivity contribution in [1.29, 1.82) is 0 Å². The highest BCUT2D eigenvalue weighted by molar-refractivity contribution is 5.94. The second-order valence-electron chi connectivity index (χ2n) is 5.42. The van der Waals surface area contributed by atoms with Gasteiger partial charge in [-0.15, -0.1) is 0 Å². The van der Waals surface area contributed by atoms with E-state index in [0.29, 0.717) is 5.92 Å². The number of rotatable bonds is 3. The van der Waals surface area contributed by atoms with Gasteiger partial charge in [0.15, 0.2) is 0 Å². The number of benzene rings is 1. The maximum Gasteiger partial charge on any atom is 0.416 e. The highest BCUT2D eigenvalue weighted by Crippen LogP contribution is 2.29. The fraction of sp³-hybridized carbons (Fsp3) is 0.533. The zero-order valence-corrected chi connectivity index (χ0v) is 11.8. The van der Waals surface area contributed by atoms with Crippen LogP contribution in [0.3, 0.4) is 0 Å². The highest BCUT2D eigenvalue weighted by atomic mass is 19.4. The third-order valence-electron chi connectivity index (χ3n) is 3.92. The lowest BCUT2D eigenvalue weighted by atomic mass is 9.91. The minimum Gasteiger partial charge on any atom is -0.349 e. The molecule has 116 valence electrons. The van der Waals surface area contributed by atoms with Crippen molar-refractivity contribution in [3.8, 4) is 0 Å². The molecular formula is C15H19F3N2O. The summed E-state index contributed by atoms with van der Waals surface area (Å²) in [5.41, 5.74) is -0.491. The van der Waals surface area contributed by atoms with Gasteiger partial charge in [-0.25, -0.2) is 0 Å². The minimum atomic E-state index is -4.38. The molecule has 0 spiro atoms. The molecule has 1 unspecified atom stereocenters. The van der Waals surface area contributed by atoms with Gasteiger partial charge < -0.3 is 10.6 Å². The molecule has 0 aromatic heterocycles. The first kappa shape index (κ1) is 15.8. The molecule has 1 aromatic carbocycles. The Labute approximate surface area is 121 Å². The van der Waals surface area contributed by atoms with Gasteiger partial charge in [0.1, 0.15) is 0 Å². The third-order valence-corrected chi connectivity index (χ3v) is 3.92. The molecule has 1 aromatic rings. The van der Waals surface area contributed by atoms with Crippen molar-refractivity contribution in [1.82, 2.24) is 10.6 Å². The molecule has 0 aliphatic carbocycles. The second kappa shape index (κ2) is 6.47. The van der Waals surface area contributed by atoms with Crippen LogP contribution in [0, 0.1) is 5.92 Å². The van der Waals surface area contributed by atoms with E-state index >= 15 is 0 Å². The first-order chi connectivity index (χ1) is 9.88. The summed E-state index contributed by atoms with van der Waals surface area (Å²) < 4.78 is 37.4. The number of piperidine rings is 1. The van der Waals surface area contributed by atoms with Crippen LogP contribution in [0.15, 0.2) is 24.3 Å². The van der Waals surface area contributed by atoms with E-state index in [1.165, 1.54) is 12.1 Å². The van der Waals surface area contributed by atoms with Gasteiger partial charge in [0.2, 0.25) is 0 Å². The van der Waals surface area contributed by atoms with Gasteiger partial charge in [-0.05, 0) is 63.0 Å². The van der Waals surface area contributed by atoms with Crippen molar-refractivity contribution >= 4 is 5.91 Å². The van der Waals surface area contributed by atoms with Gasteiger partial charge in [0.25, 0.3) is 5.91 Å². The quantitative estimate of drug-likeness (QED) is 0.901. The number of alkyl halides is 3. The molecule has 1 aliphatic rings. The van der Waals surface area contributed by atoms with Gasteiger partial charge in [-0.3, -0.25) is 4.79 Å². The highest BCUT2D eigenvalue weighted by Gasteiger charge is 2.30. The maximum atomic E-state index is 12.5. The summed E-state index contributed by atoms with van der Waals surface area (Å²) in [4.78, 5) is 12.1. The van der Waals surface area contributed by atoms with Gasteiger partial charge in [-0.2, -0.15) is 13.2 Å². The van der Waals surface area contributed by atoms with Crippen LogP contribution in [0.5, 0.6) is 0 Å². The zero-order valence-electron chi connectivity index (χ0n) is 11.8. The van der Waals surface area contributed by atoms with Gasteiger partial charge in [-0.1, -0.05) is 0 Å². The number of halogens is 3. The largest absolute Gasteiger partial charge is 0.416 e. The van der Waals surface area contributed by atoms with Crippen LogP contribution < -0.4 is 10.6 Å². The van der Waals surface area contributed by atoms with Gasteiger partial charge in [0, 0.05) is 11.6 Å². The lowest BCUT2D eigenvalue weighted by Crippen LogP contribution is -2.42. The number of carbonyl (C=O) groups is 1. The number of nitrogens with one attached hydrogen (secondary N) is 2. The average molecular weight is 300 g/mol. The lowest BCUT2D eigenvalue weighted by molar-refractivity contribution is -0.137. The molecule has 1 saturated heterocycles. The van der Waals surface area contributed by atoms with Crippen molar-refractivity contribution in [3.05, 3.63) is 35.4 Å². The fourth-order valence-electron chi connectivity index (χ4n) is 2.56. The van der Waals surface area contributed by atoms with Crippen LogP contribution >= 0.6 is 0 Å². The maximum absolute atomic E-state index is 12.5. The lowest BCUT2D eigenvalue weighted by Gasteiger charge is -2.28. The van der Waals surface area contributed by atoms with Crippen LogP contribution in [0.4, 0.5) is 13.2 Å². The predicted octanol–water partition coefficient (Wildman–Crippen LogP) is 2.82. The molecule has 2 N–H and O–H groups in total. The molecule has 0 saturated carbocycles. The predicted molar refractivity (Wildman–Crippen MR) is 74.0 cm³/mol. The molecule has 1 heterocycles. The van der Waals surface area contributed by atoms with Gasteiger partial charge >= 0.3 is 6.18 Å². The van der Waals surface area contributed by atoms with Crippen molar-refractivity contribution in [2.24, 2.45) is 5.92 Å². The van der Waals surface area contributed by atoms with E-state index in [1.54, 1.807) is 0 Å². The summed E-state index contributed by atoms with van der Waals surface area (Å²) >= 11 is 0. The van der Waals surface area contributed by atoms with E-state index in [9.17, 15) is 18.0 Å². The topological polar surface area (TPSA) is 41.1 Å². The smallest absolute Gasteiger partial charge is 0.349 e. The molecule has 1 atom stereocenters. The third kappa shape index (κ3) is 4.20. The monoisotopic (exact) mass is 300 g/mol. The molecule has 1 fully saturated rings. The summed E-state index contributed by atoms with van der Waals surface area (Å²) in [7, 11) is 0. The van der Waals surface area contributed by atoms with Crippen LogP contribution in [0.1, 0.15) is 35.7 Å². The molecule has 21 heavy (non-hydrogen) atoms. The number of hydrogen-bond acceptors (Lipinski definition) is 2. The summed E-state index contributed by atoms with van der Waals surface area (Å²) in [5, 5.41) is 6.13. The first-order valence-corrected chi connectivity index (χ1v) is 7.07. The molecule has 1 amide bonds. The number of amides is 1. The second-order valence-corrected chi connectivity index (χ2v) is 5.42. The molecule has 0 bridgehead atoms. The summed E-state index contributed by atoms with van der Waals surface area (Å²) in [5.74, 6) is 0.0828. The van der Waals surface area contributed by atoms with E-state index in [4.69, 9.17) is 0 Å². The van der Waals surface area contributed by atoms with E-state index in [-0.39, 0.29) is 17.5 Å². The molecule has 2 rings (SSSR count). The standard InChI is InChI=1S/C15H19F3N2O/c1-10(11-6-8-19-9-7-11)20-14(21)12-2-4-13(5-3-12)15(16,17)18/h2-5,10-11,19H,6-9H2,1H3,(H,20,21). The molecule has 3 nitrogen and oxygen atoms in total. The Hall–Kier alpha value is -1.56. The van der Waals surface area contributed by atoms with Crippen LogP contribution in [-0.2, 0) is 6.18 Å². The van der Waals surface area contributed by atoms with Crippen molar-refractivity contribution in [3.63, 3.8) is 0 Å². The Morgan fingerprint density at radius 3 is 2.33 bits per heavy atom. The Balaban J connectivity index is 1.96. The summed E-state index contributed by atoms with van der Waals surface area (Å²) in [6.45, 7) is 3.81. The summed E-state index contributed by atoms with van der Waals surface area (Å²) in [6, 6.07) is 4.32. The van der Waals surface area contributed by atoms with E-state index < -0.39 is 11.7 Å². The Morgan fingerprint density at radius 1 is 1.24 bits per heavy atom. The molecule has 1 aliphatic heterocycles. The van der Waals surface area contributed by atoms with Crippen LogP contribution in [-0.4, -0.2) is 25.0 Å². The van der Waals surface area contributed by atoms with Crippen molar-refractivity contribution in [2.45, 2.75) is 32.0 Å². The number of carbonyl (C=O) groups excluding carboxylic acids is 1. The van der Waals surface area contributed by atoms with E-state index in [2.05, 4.69) is 10.6 Å². The normalized spacial score (nSPS) is 18.3. The SMILES string of the molecule is CC(NC(=O)c1ccc(C(F)(F)F)cc1)C1CCNCC1. The minimum absolute atomic E-state index is 0.0156. The van der Waals surface area contributed by atoms with Crippen LogP contribution in [0.2, 0.25) is 0 Å². The zero-order chi connectivity index (χ0) is 15.5. The molecule has 0 radical (unpaired) electrons. The Bertz CT molecular complexity index is 479. The van der Waals surface area contributed by atoms with Gasteiger partial charge in [0.05, 0.1) is 5.56 Å². The number of hydrogen-bond donors (Lipinski definition) is 2. The van der Waals surface area contributed by atoms with E-state index in [0.717, 1.165) is 38.1 Å². The molecule has 6 heteroatoms. The summed E-state index contributed by atoms with van der Waals surface area (Å²) in [6.07, 6.45) is -2.39. The fourth-order valence-corrected chi connectivity index (χ4v) is 2.56. The average Bonchev–Trinajstić information content (AvgIpc) is 2.47. The molecular weight excluding hydrogens is 281 g/mol. The van der Waals surface area contributed by atoms with Crippen LogP contribution in [0.25, 0.3) is 0 Å². The first-order valence-electron chi connectivity index (χ1n) is 7.07. The Morgan fingerprint density at radius 2 is 1.81 bits per heavy atom.